The third-order valence-corrected chi connectivity index (χ3v) is 4.71. The summed E-state index contributed by atoms with van der Waals surface area (Å²) in [5, 5.41) is 0. The number of anilines is 1. The zero-order valence-electron chi connectivity index (χ0n) is 11.7. The lowest BCUT2D eigenvalue weighted by molar-refractivity contribution is 0.209. The molecule has 3 nitrogen and oxygen atoms in total. The van der Waals surface area contributed by atoms with Crippen molar-refractivity contribution >= 4 is 38.8 Å². The highest BCUT2D eigenvalue weighted by Gasteiger charge is 2.22. The molecule has 0 bridgehead atoms. The highest BCUT2D eigenvalue weighted by atomic mass is 79.9. The Morgan fingerprint density at radius 2 is 1.90 bits per heavy atom. The summed E-state index contributed by atoms with van der Waals surface area (Å²) in [6, 6.07) is 4.07. The van der Waals surface area contributed by atoms with E-state index in [2.05, 4.69) is 39.6 Å². The molecule has 1 aliphatic rings. The van der Waals surface area contributed by atoms with Crippen molar-refractivity contribution in [2.75, 3.05) is 31.1 Å². The summed E-state index contributed by atoms with van der Waals surface area (Å²) < 4.78 is 14.8. The van der Waals surface area contributed by atoms with Gasteiger partial charge in [0.25, 0.3) is 0 Å². The van der Waals surface area contributed by atoms with Crippen molar-refractivity contribution in [1.82, 2.24) is 4.90 Å². The quantitative estimate of drug-likeness (QED) is 0.841. The van der Waals surface area contributed by atoms with Crippen LogP contribution in [0.3, 0.4) is 0 Å². The summed E-state index contributed by atoms with van der Waals surface area (Å²) in [6.45, 7) is 7.92. The molecular weight excluding hydrogens is 341 g/mol. The van der Waals surface area contributed by atoms with Crippen molar-refractivity contribution in [3.8, 4) is 0 Å². The number of benzene rings is 1. The summed E-state index contributed by atoms with van der Waals surface area (Å²) in [5.74, 6) is -0.284. The molecular formula is C14H19BrFN3S. The minimum absolute atomic E-state index is 0.201. The van der Waals surface area contributed by atoms with Crippen molar-refractivity contribution in [1.29, 1.82) is 0 Å². The second kappa shape index (κ2) is 6.37. The van der Waals surface area contributed by atoms with E-state index in [4.69, 9.17) is 18.0 Å². The fraction of sp³-hybridized carbons (Fsp3) is 0.500. The topological polar surface area (TPSA) is 32.5 Å². The van der Waals surface area contributed by atoms with E-state index in [1.807, 2.05) is 0 Å². The lowest BCUT2D eigenvalue weighted by Gasteiger charge is -2.38. The predicted molar refractivity (Wildman–Crippen MR) is 88.9 cm³/mol. The molecule has 20 heavy (non-hydrogen) atoms. The third kappa shape index (κ3) is 3.13. The van der Waals surface area contributed by atoms with Crippen molar-refractivity contribution in [2.24, 2.45) is 5.73 Å². The molecule has 1 aliphatic heterocycles. The molecule has 0 amide bonds. The predicted octanol–water partition coefficient (Wildman–Crippen LogP) is 2.75. The minimum atomic E-state index is -0.284. The normalized spacial score (nSPS) is 16.8. The van der Waals surface area contributed by atoms with Gasteiger partial charge >= 0.3 is 0 Å². The molecule has 110 valence electrons. The van der Waals surface area contributed by atoms with Gasteiger partial charge in [0, 0.05) is 37.8 Å². The second-order valence-corrected chi connectivity index (χ2v) is 6.47. The summed E-state index contributed by atoms with van der Waals surface area (Å²) in [6.07, 6.45) is 0. The number of piperazine rings is 1. The summed E-state index contributed by atoms with van der Waals surface area (Å²) in [7, 11) is 0. The van der Waals surface area contributed by atoms with Crippen LogP contribution in [0.25, 0.3) is 0 Å². The van der Waals surface area contributed by atoms with E-state index in [9.17, 15) is 4.39 Å². The van der Waals surface area contributed by atoms with E-state index < -0.39 is 0 Å². The number of rotatable bonds is 3. The summed E-state index contributed by atoms with van der Waals surface area (Å²) in [5.41, 5.74) is 6.73. The van der Waals surface area contributed by atoms with Crippen molar-refractivity contribution in [3.05, 3.63) is 28.0 Å². The van der Waals surface area contributed by atoms with Gasteiger partial charge in [-0.05, 0) is 41.9 Å². The van der Waals surface area contributed by atoms with Crippen LogP contribution >= 0.6 is 28.1 Å². The van der Waals surface area contributed by atoms with Gasteiger partial charge in [-0.25, -0.2) is 4.39 Å². The van der Waals surface area contributed by atoms with Gasteiger partial charge in [-0.15, -0.1) is 0 Å². The molecule has 0 radical (unpaired) electrons. The van der Waals surface area contributed by atoms with E-state index >= 15 is 0 Å². The fourth-order valence-corrected chi connectivity index (χ4v) is 3.30. The van der Waals surface area contributed by atoms with Crippen LogP contribution in [0.5, 0.6) is 0 Å². The van der Waals surface area contributed by atoms with E-state index in [1.54, 1.807) is 12.1 Å². The number of nitrogens with two attached hydrogens (primary N) is 1. The minimum Gasteiger partial charge on any atom is -0.389 e. The van der Waals surface area contributed by atoms with E-state index in [0.29, 0.717) is 21.8 Å². The number of hydrogen-bond acceptors (Lipinski definition) is 3. The molecule has 6 heteroatoms. The zero-order valence-corrected chi connectivity index (χ0v) is 14.1. The first-order valence-corrected chi connectivity index (χ1v) is 7.88. The lowest BCUT2D eigenvalue weighted by Crippen LogP contribution is -2.49. The summed E-state index contributed by atoms with van der Waals surface area (Å²) in [4.78, 5) is 4.67. The molecule has 1 fully saturated rings. The Bertz CT molecular complexity index is 513. The van der Waals surface area contributed by atoms with Gasteiger partial charge in [-0.3, -0.25) is 4.90 Å². The van der Waals surface area contributed by atoms with E-state index in [0.717, 1.165) is 26.2 Å². The third-order valence-electron chi connectivity index (χ3n) is 3.71. The lowest BCUT2D eigenvalue weighted by atomic mass is 10.1. The van der Waals surface area contributed by atoms with Crippen molar-refractivity contribution < 1.29 is 4.39 Å². The molecule has 1 aromatic rings. The first-order valence-electron chi connectivity index (χ1n) is 6.68. The van der Waals surface area contributed by atoms with E-state index in [-0.39, 0.29) is 10.8 Å². The van der Waals surface area contributed by atoms with Gasteiger partial charge in [0.2, 0.25) is 0 Å². The molecule has 1 heterocycles. The molecule has 1 saturated heterocycles. The molecule has 0 aromatic heterocycles. The monoisotopic (exact) mass is 359 g/mol. The van der Waals surface area contributed by atoms with Crippen LogP contribution in [-0.2, 0) is 0 Å². The molecule has 0 aliphatic carbocycles. The molecule has 2 rings (SSSR count). The van der Waals surface area contributed by atoms with Crippen LogP contribution in [0.2, 0.25) is 0 Å². The Hall–Kier alpha value is -0.720. The molecule has 0 spiro atoms. The fourth-order valence-electron chi connectivity index (χ4n) is 2.45. The Morgan fingerprint density at radius 3 is 2.40 bits per heavy atom. The van der Waals surface area contributed by atoms with Crippen LogP contribution in [0.1, 0.15) is 19.4 Å². The Kier molecular flexibility index (Phi) is 4.99. The SMILES string of the molecule is CC(C)N1CCN(c2ccc(C(N)=S)c(Br)c2F)CC1. The number of hydrogen-bond donors (Lipinski definition) is 1. The second-order valence-electron chi connectivity index (χ2n) is 5.24. The van der Waals surface area contributed by atoms with Gasteiger partial charge < -0.3 is 10.6 Å². The molecule has 2 N–H and O–H groups in total. The van der Waals surface area contributed by atoms with Crippen molar-refractivity contribution in [2.45, 2.75) is 19.9 Å². The van der Waals surface area contributed by atoms with Crippen LogP contribution in [0.4, 0.5) is 10.1 Å². The van der Waals surface area contributed by atoms with Crippen LogP contribution < -0.4 is 10.6 Å². The molecule has 0 saturated carbocycles. The maximum atomic E-state index is 14.4. The van der Waals surface area contributed by atoms with Crippen molar-refractivity contribution in [3.63, 3.8) is 0 Å². The first-order chi connectivity index (χ1) is 9.41. The average molecular weight is 360 g/mol. The Labute approximate surface area is 133 Å². The van der Waals surface area contributed by atoms with Crippen LogP contribution in [0.15, 0.2) is 16.6 Å². The van der Waals surface area contributed by atoms with Gasteiger partial charge in [-0.2, -0.15) is 0 Å². The molecule has 0 atom stereocenters. The Morgan fingerprint density at radius 1 is 1.30 bits per heavy atom. The highest BCUT2D eigenvalue weighted by Crippen LogP contribution is 2.30. The largest absolute Gasteiger partial charge is 0.389 e. The van der Waals surface area contributed by atoms with Gasteiger partial charge in [0.15, 0.2) is 5.82 Å². The average Bonchev–Trinajstić information content (AvgIpc) is 2.41. The maximum Gasteiger partial charge on any atom is 0.161 e. The number of thiocarbonyl (C=S) groups is 1. The molecule has 0 unspecified atom stereocenters. The van der Waals surface area contributed by atoms with E-state index in [1.165, 1.54) is 0 Å². The summed E-state index contributed by atoms with van der Waals surface area (Å²) >= 11 is 8.17. The maximum absolute atomic E-state index is 14.4. The zero-order chi connectivity index (χ0) is 14.9. The van der Waals surface area contributed by atoms with Crippen LogP contribution in [0, 0.1) is 5.82 Å². The first kappa shape index (κ1) is 15.7. The number of nitrogens with zero attached hydrogens (tertiary/aromatic N) is 2. The van der Waals surface area contributed by atoms with Gasteiger partial charge in [0.05, 0.1) is 10.2 Å². The number of halogens is 2. The van der Waals surface area contributed by atoms with Gasteiger partial charge in [0.1, 0.15) is 4.99 Å². The smallest absolute Gasteiger partial charge is 0.161 e. The Balaban J connectivity index is 2.19. The van der Waals surface area contributed by atoms with Gasteiger partial charge in [-0.1, -0.05) is 12.2 Å². The van der Waals surface area contributed by atoms with Crippen LogP contribution in [-0.4, -0.2) is 42.1 Å². The molecule has 1 aromatic carbocycles. The highest BCUT2D eigenvalue weighted by molar-refractivity contribution is 9.10. The standard InChI is InChI=1S/C14H19BrFN3S/c1-9(2)18-5-7-19(8-6-18)11-4-3-10(14(17)20)12(15)13(11)16/h3-4,9H,5-8H2,1-2H3,(H2,17,20).